The van der Waals surface area contributed by atoms with E-state index in [2.05, 4.69) is 46.7 Å². The number of carbonyl (C=O) groups excluding carboxylic acids is 1. The molecule has 37 heavy (non-hydrogen) atoms. The number of ether oxygens (including phenoxy) is 4. The van der Waals surface area contributed by atoms with E-state index in [4.69, 9.17) is 18.9 Å². The van der Waals surface area contributed by atoms with E-state index in [1.807, 2.05) is 0 Å². The molecule has 0 saturated carbocycles. The van der Waals surface area contributed by atoms with Gasteiger partial charge in [-0.1, -0.05) is 31.2 Å². The Balaban J connectivity index is 1.41. The van der Waals surface area contributed by atoms with Crippen molar-refractivity contribution in [2.45, 2.75) is 38.6 Å². The molecule has 1 saturated heterocycles. The first kappa shape index (κ1) is 23.9. The number of rotatable bonds is 7. The molecule has 7 nitrogen and oxygen atoms in total. The van der Waals surface area contributed by atoms with Crippen LogP contribution in [0.15, 0.2) is 42.5 Å². The van der Waals surface area contributed by atoms with Crippen molar-refractivity contribution in [2.24, 2.45) is 5.41 Å². The molecule has 2 atom stereocenters. The summed E-state index contributed by atoms with van der Waals surface area (Å²) in [6.45, 7) is 4.72. The van der Waals surface area contributed by atoms with Crippen LogP contribution in [0.3, 0.4) is 0 Å². The molecule has 3 aliphatic heterocycles. The molecule has 0 amide bonds. The quantitative estimate of drug-likeness (QED) is 0.400. The number of benzene rings is 2. The minimum absolute atomic E-state index is 0.0422. The Morgan fingerprint density at radius 2 is 1.84 bits per heavy atom. The third-order valence-electron chi connectivity index (χ3n) is 8.60. The molecule has 0 bridgehead atoms. The molecule has 2 aromatic carbocycles. The second-order valence-corrected chi connectivity index (χ2v) is 10.2. The summed E-state index contributed by atoms with van der Waals surface area (Å²) in [5.41, 5.74) is 5.42. The van der Waals surface area contributed by atoms with E-state index in [0.29, 0.717) is 28.9 Å². The molecular formula is C30H34N2O5. The van der Waals surface area contributed by atoms with Crippen molar-refractivity contribution in [3.05, 3.63) is 59.3 Å². The maximum absolute atomic E-state index is 13.4. The van der Waals surface area contributed by atoms with Crippen molar-refractivity contribution in [1.29, 1.82) is 0 Å². The van der Waals surface area contributed by atoms with E-state index in [9.17, 15) is 4.79 Å². The van der Waals surface area contributed by atoms with E-state index in [-0.39, 0.29) is 12.0 Å². The Morgan fingerprint density at radius 3 is 2.59 bits per heavy atom. The Morgan fingerprint density at radius 1 is 1.03 bits per heavy atom. The lowest BCUT2D eigenvalue weighted by atomic mass is 9.66. The Bertz CT molecular complexity index is 1410. The van der Waals surface area contributed by atoms with Gasteiger partial charge in [-0.25, -0.2) is 4.79 Å². The number of methoxy groups -OCH3 is 3. The van der Waals surface area contributed by atoms with Crippen LogP contribution < -0.4 is 14.2 Å². The van der Waals surface area contributed by atoms with Gasteiger partial charge in [0.2, 0.25) is 5.75 Å². The molecule has 3 aromatic rings. The van der Waals surface area contributed by atoms with Gasteiger partial charge in [0, 0.05) is 23.0 Å². The van der Waals surface area contributed by atoms with Crippen LogP contribution in [0.1, 0.15) is 53.8 Å². The zero-order chi connectivity index (χ0) is 25.7. The molecule has 7 heteroatoms. The van der Waals surface area contributed by atoms with E-state index < -0.39 is 5.97 Å². The first-order chi connectivity index (χ1) is 18.1. The number of para-hydroxylation sites is 1. The van der Waals surface area contributed by atoms with Crippen LogP contribution in [0.2, 0.25) is 0 Å². The first-order valence-electron chi connectivity index (χ1n) is 13.1. The van der Waals surface area contributed by atoms with Gasteiger partial charge >= 0.3 is 5.97 Å². The summed E-state index contributed by atoms with van der Waals surface area (Å²) in [4.78, 5) is 16.0. The lowest BCUT2D eigenvalue weighted by molar-refractivity contribution is 0.0254. The summed E-state index contributed by atoms with van der Waals surface area (Å²) < 4.78 is 24.7. The van der Waals surface area contributed by atoms with Crippen LogP contribution in [0.4, 0.5) is 0 Å². The van der Waals surface area contributed by atoms with Gasteiger partial charge in [-0.3, -0.25) is 4.90 Å². The lowest BCUT2D eigenvalue weighted by Gasteiger charge is -2.53. The van der Waals surface area contributed by atoms with E-state index in [1.165, 1.54) is 42.8 Å². The zero-order valence-corrected chi connectivity index (χ0v) is 22.0. The maximum Gasteiger partial charge on any atom is 0.342 e. The summed E-state index contributed by atoms with van der Waals surface area (Å²) in [7, 11) is 4.59. The molecule has 0 unspecified atom stereocenters. The molecule has 0 spiro atoms. The predicted molar refractivity (Wildman–Crippen MR) is 143 cm³/mol. The van der Waals surface area contributed by atoms with Crippen LogP contribution in [0.25, 0.3) is 16.6 Å². The monoisotopic (exact) mass is 502 g/mol. The number of carbonyl (C=O) groups is 1. The third-order valence-corrected chi connectivity index (χ3v) is 8.60. The second-order valence-electron chi connectivity index (χ2n) is 10.2. The fraction of sp³-hybridized carbons (Fsp3) is 0.433. The SMILES string of the molecule is CC[C@]12C=C(COC(=O)c3ccc(OC)c(OC)c3OC)n3c4c(c5ccccc53)CCN(CCC1)[C@H]42. The smallest absolute Gasteiger partial charge is 0.342 e. The molecule has 1 aromatic heterocycles. The summed E-state index contributed by atoms with van der Waals surface area (Å²) in [5.74, 6) is 0.717. The molecule has 4 heterocycles. The number of hydrogen-bond donors (Lipinski definition) is 0. The lowest BCUT2D eigenvalue weighted by Crippen LogP contribution is -2.50. The van der Waals surface area contributed by atoms with Crippen molar-refractivity contribution in [1.82, 2.24) is 9.47 Å². The largest absolute Gasteiger partial charge is 0.493 e. The van der Waals surface area contributed by atoms with Gasteiger partial charge in [0.25, 0.3) is 0 Å². The number of nitrogens with zero attached hydrogens (tertiary/aromatic N) is 2. The number of piperidine rings is 1. The van der Waals surface area contributed by atoms with Crippen molar-refractivity contribution < 1.29 is 23.7 Å². The number of aromatic nitrogens is 1. The minimum atomic E-state index is -0.457. The van der Waals surface area contributed by atoms with Crippen molar-refractivity contribution in [3.63, 3.8) is 0 Å². The Labute approximate surface area is 217 Å². The standard InChI is InChI=1S/C30H34N2O5/c1-5-30-14-8-15-31-16-13-21-20-9-6-7-10-23(20)32(25(21)28(30)31)19(17-30)18-37-29(33)22-11-12-24(34-2)27(36-4)26(22)35-3/h6-7,9-12,17,28H,5,8,13-16,18H2,1-4H3/t28-,30-/m1/s1. The molecule has 0 aliphatic carbocycles. The molecule has 6 rings (SSSR count). The summed E-state index contributed by atoms with van der Waals surface area (Å²) in [6, 6.07) is 12.4. The van der Waals surface area contributed by atoms with Crippen LogP contribution in [-0.2, 0) is 11.2 Å². The molecular weight excluding hydrogens is 468 g/mol. The normalized spacial score (nSPS) is 22.3. The van der Waals surface area contributed by atoms with Crippen molar-refractivity contribution >= 4 is 22.6 Å². The fourth-order valence-electron chi connectivity index (χ4n) is 6.97. The maximum atomic E-state index is 13.4. The minimum Gasteiger partial charge on any atom is -0.493 e. The third kappa shape index (κ3) is 3.47. The van der Waals surface area contributed by atoms with Crippen LogP contribution in [0, 0.1) is 5.41 Å². The van der Waals surface area contributed by atoms with E-state index in [1.54, 1.807) is 19.2 Å². The number of fused-ring (bicyclic) bond motifs is 3. The molecule has 0 N–H and O–H groups in total. The number of hydrogen-bond acceptors (Lipinski definition) is 6. The van der Waals surface area contributed by atoms with E-state index >= 15 is 0 Å². The molecule has 1 fully saturated rings. The summed E-state index contributed by atoms with van der Waals surface area (Å²) in [5, 5.41) is 1.31. The number of esters is 1. The van der Waals surface area contributed by atoms with Gasteiger partial charge in [-0.15, -0.1) is 0 Å². The van der Waals surface area contributed by atoms with Crippen molar-refractivity contribution in [3.8, 4) is 17.2 Å². The molecule has 0 radical (unpaired) electrons. The highest BCUT2D eigenvalue weighted by Gasteiger charge is 2.50. The van der Waals surface area contributed by atoms with Gasteiger partial charge in [0.1, 0.15) is 12.2 Å². The fourth-order valence-corrected chi connectivity index (χ4v) is 6.97. The van der Waals surface area contributed by atoms with Gasteiger partial charge in [0.15, 0.2) is 11.5 Å². The van der Waals surface area contributed by atoms with Gasteiger partial charge in [0.05, 0.1) is 38.6 Å². The van der Waals surface area contributed by atoms with Crippen LogP contribution in [-0.4, -0.2) is 56.5 Å². The van der Waals surface area contributed by atoms with Crippen molar-refractivity contribution in [2.75, 3.05) is 41.0 Å². The van der Waals surface area contributed by atoms with Crippen LogP contribution >= 0.6 is 0 Å². The predicted octanol–water partition coefficient (Wildman–Crippen LogP) is 5.47. The first-order valence-corrected chi connectivity index (χ1v) is 13.1. The Kier molecular flexibility index (Phi) is 5.91. The molecule has 194 valence electrons. The highest BCUT2D eigenvalue weighted by molar-refractivity contribution is 5.95. The Hall–Kier alpha value is -3.45. The zero-order valence-electron chi connectivity index (χ0n) is 22.0. The second kappa shape index (κ2) is 9.14. The van der Waals surface area contributed by atoms with Gasteiger partial charge < -0.3 is 23.5 Å². The highest BCUT2D eigenvalue weighted by atomic mass is 16.5. The van der Waals surface area contributed by atoms with Gasteiger partial charge in [-0.05, 0) is 56.0 Å². The summed E-state index contributed by atoms with van der Waals surface area (Å²) in [6.07, 6.45) is 6.85. The average Bonchev–Trinajstić information content (AvgIpc) is 3.29. The molecule has 3 aliphatic rings. The summed E-state index contributed by atoms with van der Waals surface area (Å²) >= 11 is 0. The van der Waals surface area contributed by atoms with Crippen LogP contribution in [0.5, 0.6) is 17.2 Å². The van der Waals surface area contributed by atoms with E-state index in [0.717, 1.165) is 38.0 Å². The average molecular weight is 503 g/mol. The highest BCUT2D eigenvalue weighted by Crippen LogP contribution is 2.57. The van der Waals surface area contributed by atoms with Gasteiger partial charge in [-0.2, -0.15) is 0 Å². The topological polar surface area (TPSA) is 62.2 Å².